The third kappa shape index (κ3) is 3.64. The van der Waals surface area contributed by atoms with E-state index in [4.69, 9.17) is 4.74 Å². The summed E-state index contributed by atoms with van der Waals surface area (Å²) in [6.45, 7) is 3.36. The number of thiophene rings is 1. The lowest BCUT2D eigenvalue weighted by Crippen LogP contribution is -2.51. The normalized spacial score (nSPS) is 24.1. The average molecular weight is 350 g/mol. The molecule has 1 atom stereocenters. The van der Waals surface area contributed by atoms with Crippen LogP contribution in [0.2, 0.25) is 0 Å². The van der Waals surface area contributed by atoms with E-state index in [1.807, 2.05) is 21.2 Å². The van der Waals surface area contributed by atoms with E-state index < -0.39 is 0 Å². The van der Waals surface area contributed by atoms with E-state index in [0.29, 0.717) is 32.7 Å². The molecular weight excluding hydrogens is 324 g/mol. The highest BCUT2D eigenvalue weighted by Gasteiger charge is 2.49. The number of carbonyl (C=O) groups is 2. The minimum Gasteiger partial charge on any atom is -0.383 e. The molecule has 3 heterocycles. The summed E-state index contributed by atoms with van der Waals surface area (Å²) >= 11 is 1.69. The van der Waals surface area contributed by atoms with Crippen LogP contribution >= 0.6 is 11.3 Å². The van der Waals surface area contributed by atoms with E-state index in [-0.39, 0.29) is 17.2 Å². The Hall–Kier alpha value is -1.40. The molecule has 0 aromatic carbocycles. The summed E-state index contributed by atoms with van der Waals surface area (Å²) in [5.74, 6) is 0.404. The first-order valence-corrected chi connectivity index (χ1v) is 9.61. The number of rotatable bonds is 6. The van der Waals surface area contributed by atoms with Gasteiger partial charge in [-0.05, 0) is 37.1 Å². The minimum atomic E-state index is -0.343. The third-order valence-electron chi connectivity index (χ3n) is 5.26. The lowest BCUT2D eigenvalue weighted by Gasteiger charge is -2.39. The number of hydrogen-bond donors (Lipinski definition) is 0. The second kappa shape index (κ2) is 7.66. The predicted octanol–water partition coefficient (Wildman–Crippen LogP) is 2.17. The van der Waals surface area contributed by atoms with E-state index >= 15 is 0 Å². The van der Waals surface area contributed by atoms with Crippen LogP contribution < -0.4 is 0 Å². The molecule has 1 spiro atoms. The first-order valence-electron chi connectivity index (χ1n) is 8.73. The van der Waals surface area contributed by atoms with Crippen molar-refractivity contribution in [3.05, 3.63) is 22.4 Å². The van der Waals surface area contributed by atoms with Gasteiger partial charge in [0.1, 0.15) is 0 Å². The third-order valence-corrected chi connectivity index (χ3v) is 6.20. The molecule has 2 amide bonds. The molecule has 2 fully saturated rings. The molecule has 0 N–H and O–H groups in total. The maximum absolute atomic E-state index is 12.9. The van der Waals surface area contributed by atoms with Crippen molar-refractivity contribution in [3.8, 4) is 0 Å². The summed E-state index contributed by atoms with van der Waals surface area (Å²) in [4.78, 5) is 30.5. The van der Waals surface area contributed by atoms with Crippen LogP contribution in [-0.2, 0) is 20.7 Å². The second-order valence-corrected chi connectivity index (χ2v) is 7.85. The fraction of sp³-hybridized carbons (Fsp3) is 0.667. The highest BCUT2D eigenvalue weighted by atomic mass is 32.1. The quantitative estimate of drug-likeness (QED) is 0.790. The van der Waals surface area contributed by atoms with Crippen LogP contribution in [-0.4, -0.2) is 61.5 Å². The fourth-order valence-corrected chi connectivity index (χ4v) is 4.58. The Morgan fingerprint density at radius 1 is 1.38 bits per heavy atom. The molecule has 5 nitrogen and oxygen atoms in total. The molecule has 0 aliphatic carbocycles. The van der Waals surface area contributed by atoms with Crippen molar-refractivity contribution in [1.29, 1.82) is 0 Å². The summed E-state index contributed by atoms with van der Waals surface area (Å²) in [5, 5.41) is 2.04. The van der Waals surface area contributed by atoms with Gasteiger partial charge in [0, 0.05) is 44.6 Å². The standard InChI is InChI=1S/C18H26N2O3S/c1-23-12-11-19-9-3-7-18(17(19)22)8-10-20(14-18)16(21)6-5-15-4-2-13-24-15/h2,4,13H,3,5-12,14H2,1H3. The average Bonchev–Trinajstić information content (AvgIpc) is 3.25. The van der Waals surface area contributed by atoms with Crippen LogP contribution in [0.1, 0.15) is 30.6 Å². The fourth-order valence-electron chi connectivity index (χ4n) is 3.87. The van der Waals surface area contributed by atoms with Gasteiger partial charge in [0.05, 0.1) is 12.0 Å². The summed E-state index contributed by atoms with van der Waals surface area (Å²) in [7, 11) is 1.66. The van der Waals surface area contributed by atoms with Crippen LogP contribution in [0.15, 0.2) is 17.5 Å². The minimum absolute atomic E-state index is 0.182. The van der Waals surface area contributed by atoms with Gasteiger partial charge in [0.25, 0.3) is 0 Å². The van der Waals surface area contributed by atoms with Gasteiger partial charge in [-0.1, -0.05) is 6.07 Å². The van der Waals surface area contributed by atoms with Gasteiger partial charge in [0.2, 0.25) is 11.8 Å². The van der Waals surface area contributed by atoms with Gasteiger partial charge in [-0.3, -0.25) is 9.59 Å². The number of amides is 2. The molecule has 2 aliphatic rings. The number of piperidine rings is 1. The van der Waals surface area contributed by atoms with Gasteiger partial charge in [0.15, 0.2) is 0 Å². The molecule has 0 bridgehead atoms. The first-order chi connectivity index (χ1) is 11.6. The zero-order chi connectivity index (χ0) is 17.0. The van der Waals surface area contributed by atoms with Crippen molar-refractivity contribution in [1.82, 2.24) is 9.80 Å². The number of nitrogens with zero attached hydrogens (tertiary/aromatic N) is 2. The number of carbonyl (C=O) groups excluding carboxylic acids is 2. The number of aryl methyl sites for hydroxylation is 1. The van der Waals surface area contributed by atoms with Gasteiger partial charge in [-0.2, -0.15) is 0 Å². The largest absolute Gasteiger partial charge is 0.383 e. The highest BCUT2D eigenvalue weighted by molar-refractivity contribution is 7.09. The van der Waals surface area contributed by atoms with E-state index in [0.717, 1.165) is 32.2 Å². The smallest absolute Gasteiger partial charge is 0.230 e. The van der Waals surface area contributed by atoms with Crippen molar-refractivity contribution in [3.63, 3.8) is 0 Å². The highest BCUT2D eigenvalue weighted by Crippen LogP contribution is 2.40. The molecule has 1 aromatic rings. The molecule has 2 aliphatic heterocycles. The molecule has 132 valence electrons. The molecule has 6 heteroatoms. The summed E-state index contributed by atoms with van der Waals surface area (Å²) < 4.78 is 5.11. The lowest BCUT2D eigenvalue weighted by atomic mass is 9.78. The summed E-state index contributed by atoms with van der Waals surface area (Å²) in [6.07, 6.45) is 4.07. The number of methoxy groups -OCH3 is 1. The van der Waals surface area contributed by atoms with Gasteiger partial charge >= 0.3 is 0 Å². The Bertz CT molecular complexity index is 575. The molecule has 0 radical (unpaired) electrons. The SMILES string of the molecule is COCCN1CCCC2(CCN(C(=O)CCc3cccs3)C2)C1=O. The maximum atomic E-state index is 12.9. The number of ether oxygens (including phenoxy) is 1. The van der Waals surface area contributed by atoms with Crippen molar-refractivity contribution < 1.29 is 14.3 Å². The first kappa shape index (κ1) is 17.4. The van der Waals surface area contributed by atoms with Crippen molar-refractivity contribution in [2.75, 3.05) is 39.9 Å². The second-order valence-electron chi connectivity index (χ2n) is 6.81. The van der Waals surface area contributed by atoms with E-state index in [9.17, 15) is 9.59 Å². The van der Waals surface area contributed by atoms with E-state index in [2.05, 4.69) is 6.07 Å². The molecule has 1 unspecified atom stereocenters. The topological polar surface area (TPSA) is 49.9 Å². The van der Waals surface area contributed by atoms with Gasteiger partial charge < -0.3 is 14.5 Å². The Balaban J connectivity index is 1.56. The molecule has 24 heavy (non-hydrogen) atoms. The van der Waals surface area contributed by atoms with E-state index in [1.54, 1.807) is 18.4 Å². The number of likely N-dealkylation sites (tertiary alicyclic amines) is 2. The van der Waals surface area contributed by atoms with Crippen LogP contribution in [0.4, 0.5) is 0 Å². The molecule has 2 saturated heterocycles. The zero-order valence-corrected chi connectivity index (χ0v) is 15.1. The zero-order valence-electron chi connectivity index (χ0n) is 14.3. The van der Waals surface area contributed by atoms with Gasteiger partial charge in [-0.15, -0.1) is 11.3 Å². The number of hydrogen-bond acceptors (Lipinski definition) is 4. The van der Waals surface area contributed by atoms with Crippen molar-refractivity contribution >= 4 is 23.2 Å². The van der Waals surface area contributed by atoms with Crippen molar-refractivity contribution in [2.45, 2.75) is 32.1 Å². The monoisotopic (exact) mass is 350 g/mol. The predicted molar refractivity (Wildman–Crippen MR) is 94.0 cm³/mol. The summed E-state index contributed by atoms with van der Waals surface area (Å²) in [5.41, 5.74) is -0.343. The van der Waals surface area contributed by atoms with E-state index in [1.165, 1.54) is 4.88 Å². The van der Waals surface area contributed by atoms with Crippen LogP contribution in [0, 0.1) is 5.41 Å². The molecule has 1 aromatic heterocycles. The van der Waals surface area contributed by atoms with Crippen LogP contribution in [0.3, 0.4) is 0 Å². The molecular formula is C18H26N2O3S. The Labute approximate surface area is 147 Å². The Kier molecular flexibility index (Phi) is 5.56. The Morgan fingerprint density at radius 2 is 2.25 bits per heavy atom. The van der Waals surface area contributed by atoms with Crippen molar-refractivity contribution in [2.24, 2.45) is 5.41 Å². The Morgan fingerprint density at radius 3 is 3.00 bits per heavy atom. The van der Waals surface area contributed by atoms with Gasteiger partial charge in [-0.25, -0.2) is 0 Å². The van der Waals surface area contributed by atoms with Crippen LogP contribution in [0.25, 0.3) is 0 Å². The van der Waals surface area contributed by atoms with Crippen LogP contribution in [0.5, 0.6) is 0 Å². The maximum Gasteiger partial charge on any atom is 0.230 e. The summed E-state index contributed by atoms with van der Waals surface area (Å²) in [6, 6.07) is 4.09. The molecule has 3 rings (SSSR count). The molecule has 0 saturated carbocycles. The lowest BCUT2D eigenvalue weighted by molar-refractivity contribution is -0.146.